The van der Waals surface area contributed by atoms with Crippen LogP contribution in [0.1, 0.15) is 32.3 Å². The Balaban J connectivity index is 2.25. The first-order valence-corrected chi connectivity index (χ1v) is 8.70. The standard InChI is InChI=1S/C14H19F3N3OS/c1-3-12(21)20-8-6-10(9-20)22(4-2)13-11(14(15,16)17)5-7-18-19-13/h5,7,10H,3-4,6,8-9H2,1-2H3/q+1. The molecule has 1 fully saturated rings. The highest BCUT2D eigenvalue weighted by atomic mass is 32.2. The van der Waals surface area contributed by atoms with Gasteiger partial charge < -0.3 is 4.90 Å². The monoisotopic (exact) mass is 334 g/mol. The van der Waals surface area contributed by atoms with Crippen LogP contribution in [-0.2, 0) is 21.9 Å². The second-order valence-electron chi connectivity index (χ2n) is 5.07. The zero-order valence-electron chi connectivity index (χ0n) is 12.6. The minimum Gasteiger partial charge on any atom is -0.337 e. The molecule has 2 heterocycles. The second-order valence-corrected chi connectivity index (χ2v) is 7.56. The third kappa shape index (κ3) is 3.53. The molecule has 2 atom stereocenters. The topological polar surface area (TPSA) is 46.1 Å². The van der Waals surface area contributed by atoms with Crippen LogP contribution in [0, 0.1) is 0 Å². The lowest BCUT2D eigenvalue weighted by Gasteiger charge is -2.17. The van der Waals surface area contributed by atoms with Crippen molar-refractivity contribution in [2.75, 3.05) is 18.8 Å². The minimum atomic E-state index is -4.43. The molecule has 0 aliphatic carbocycles. The lowest BCUT2D eigenvalue weighted by molar-refractivity contribution is -0.140. The van der Waals surface area contributed by atoms with Gasteiger partial charge in [-0.25, -0.2) is 0 Å². The van der Waals surface area contributed by atoms with Gasteiger partial charge in [0.2, 0.25) is 5.91 Å². The van der Waals surface area contributed by atoms with Gasteiger partial charge in [0.05, 0.1) is 23.6 Å². The Morgan fingerprint density at radius 2 is 2.18 bits per heavy atom. The van der Waals surface area contributed by atoms with E-state index in [1.807, 2.05) is 6.92 Å². The van der Waals surface area contributed by atoms with Gasteiger partial charge in [-0.3, -0.25) is 4.79 Å². The largest absolute Gasteiger partial charge is 0.422 e. The third-order valence-corrected chi connectivity index (χ3v) is 6.36. The molecule has 1 aliphatic heterocycles. The summed E-state index contributed by atoms with van der Waals surface area (Å²) in [5.41, 5.74) is -0.701. The summed E-state index contributed by atoms with van der Waals surface area (Å²) in [5.74, 6) is 0.623. The van der Waals surface area contributed by atoms with Crippen molar-refractivity contribution in [1.82, 2.24) is 15.1 Å². The van der Waals surface area contributed by atoms with Gasteiger partial charge in [0.1, 0.15) is 16.6 Å². The molecule has 0 N–H and O–H groups in total. The maximum Gasteiger partial charge on any atom is 0.422 e. The summed E-state index contributed by atoms with van der Waals surface area (Å²) in [6, 6.07) is 0.988. The van der Waals surface area contributed by atoms with Crippen molar-refractivity contribution >= 4 is 16.8 Å². The number of carbonyl (C=O) groups excluding carboxylic acids is 1. The van der Waals surface area contributed by atoms with Crippen molar-refractivity contribution in [1.29, 1.82) is 0 Å². The van der Waals surface area contributed by atoms with E-state index < -0.39 is 22.6 Å². The van der Waals surface area contributed by atoms with Crippen LogP contribution in [0.2, 0.25) is 0 Å². The van der Waals surface area contributed by atoms with Crippen molar-refractivity contribution in [2.24, 2.45) is 0 Å². The molecule has 8 heteroatoms. The lowest BCUT2D eigenvalue weighted by atomic mass is 10.3. The zero-order valence-corrected chi connectivity index (χ0v) is 13.4. The summed E-state index contributed by atoms with van der Waals surface area (Å²) in [4.78, 5) is 13.5. The molecule has 122 valence electrons. The summed E-state index contributed by atoms with van der Waals surface area (Å²) < 4.78 is 39.5. The van der Waals surface area contributed by atoms with Gasteiger partial charge in [0.25, 0.3) is 5.03 Å². The highest BCUT2D eigenvalue weighted by Crippen LogP contribution is 2.36. The number of hydrogen-bond acceptors (Lipinski definition) is 3. The molecule has 2 unspecified atom stereocenters. The highest BCUT2D eigenvalue weighted by molar-refractivity contribution is 7.97. The molecule has 1 amide bonds. The van der Waals surface area contributed by atoms with Crippen LogP contribution >= 0.6 is 0 Å². The Morgan fingerprint density at radius 3 is 2.77 bits per heavy atom. The number of hydrogen-bond donors (Lipinski definition) is 0. The van der Waals surface area contributed by atoms with Gasteiger partial charge in [-0.1, -0.05) is 12.0 Å². The van der Waals surface area contributed by atoms with Crippen LogP contribution < -0.4 is 0 Å². The van der Waals surface area contributed by atoms with E-state index in [0.29, 0.717) is 25.3 Å². The van der Waals surface area contributed by atoms with E-state index in [1.165, 1.54) is 0 Å². The predicted molar refractivity (Wildman–Crippen MR) is 78.5 cm³/mol. The number of rotatable bonds is 4. The Morgan fingerprint density at radius 1 is 1.45 bits per heavy atom. The minimum absolute atomic E-state index is 0.0262. The Bertz CT molecular complexity index is 538. The van der Waals surface area contributed by atoms with E-state index in [1.54, 1.807) is 11.8 Å². The van der Waals surface area contributed by atoms with E-state index in [2.05, 4.69) is 10.2 Å². The number of alkyl halides is 3. The number of nitrogens with zero attached hydrogens (tertiary/aromatic N) is 3. The van der Waals surface area contributed by atoms with Gasteiger partial charge in [0.15, 0.2) is 0 Å². The van der Waals surface area contributed by atoms with Crippen molar-refractivity contribution in [2.45, 2.75) is 43.1 Å². The molecule has 0 bridgehead atoms. The molecule has 0 radical (unpaired) electrons. The summed E-state index contributed by atoms with van der Waals surface area (Å²) in [6.07, 6.45) is -2.21. The first-order valence-electron chi connectivity index (χ1n) is 7.24. The number of carbonyl (C=O) groups is 1. The van der Waals surface area contributed by atoms with Gasteiger partial charge in [-0.05, 0) is 13.0 Å². The average molecular weight is 334 g/mol. The maximum absolute atomic E-state index is 13.2. The molecule has 1 aliphatic rings. The molecule has 0 spiro atoms. The maximum atomic E-state index is 13.2. The van der Waals surface area contributed by atoms with Gasteiger partial charge in [0, 0.05) is 19.4 Å². The van der Waals surface area contributed by atoms with Crippen LogP contribution in [0.3, 0.4) is 0 Å². The number of amides is 1. The van der Waals surface area contributed by atoms with Crippen molar-refractivity contribution in [3.63, 3.8) is 0 Å². The molecule has 0 aromatic carbocycles. The van der Waals surface area contributed by atoms with Crippen molar-refractivity contribution in [3.8, 4) is 0 Å². The Hall–Kier alpha value is -1.31. The fourth-order valence-corrected chi connectivity index (χ4v) is 5.10. The fraction of sp³-hybridized carbons (Fsp3) is 0.643. The van der Waals surface area contributed by atoms with Crippen LogP contribution in [-0.4, -0.2) is 45.1 Å². The molecule has 0 saturated carbocycles. The fourth-order valence-electron chi connectivity index (χ4n) is 2.67. The molecular formula is C14H19F3N3OS+. The lowest BCUT2D eigenvalue weighted by Crippen LogP contribution is -2.33. The van der Waals surface area contributed by atoms with Gasteiger partial charge >= 0.3 is 6.18 Å². The molecule has 2 rings (SSSR count). The van der Waals surface area contributed by atoms with Gasteiger partial charge in [-0.15, -0.1) is 0 Å². The highest BCUT2D eigenvalue weighted by Gasteiger charge is 2.46. The quantitative estimate of drug-likeness (QED) is 0.795. The van der Waals surface area contributed by atoms with Crippen LogP contribution in [0.5, 0.6) is 0 Å². The average Bonchev–Trinajstić information content (AvgIpc) is 2.96. The second kappa shape index (κ2) is 6.85. The van der Waals surface area contributed by atoms with Crippen LogP contribution in [0.4, 0.5) is 13.2 Å². The van der Waals surface area contributed by atoms with E-state index in [-0.39, 0.29) is 16.2 Å². The summed E-state index contributed by atoms with van der Waals surface area (Å²) in [5, 5.41) is 7.50. The first kappa shape index (κ1) is 17.1. The zero-order chi connectivity index (χ0) is 16.3. The number of halogens is 3. The van der Waals surface area contributed by atoms with E-state index in [9.17, 15) is 18.0 Å². The summed E-state index contributed by atoms with van der Waals surface area (Å²) in [7, 11) is -0.655. The van der Waals surface area contributed by atoms with Gasteiger partial charge in [-0.2, -0.15) is 18.3 Å². The molecule has 22 heavy (non-hydrogen) atoms. The van der Waals surface area contributed by atoms with Crippen molar-refractivity contribution in [3.05, 3.63) is 17.8 Å². The van der Waals surface area contributed by atoms with Crippen LogP contribution in [0.25, 0.3) is 0 Å². The normalized spacial score (nSPS) is 20.2. The number of likely N-dealkylation sites (tertiary alicyclic amines) is 1. The molecule has 1 aromatic heterocycles. The Kier molecular flexibility index (Phi) is 5.31. The van der Waals surface area contributed by atoms with Crippen LogP contribution in [0.15, 0.2) is 17.3 Å². The smallest absolute Gasteiger partial charge is 0.337 e. The molecule has 1 aromatic rings. The SMILES string of the molecule is CCC(=O)N1CCC([S+](CC)c2nnccc2C(F)(F)F)C1. The predicted octanol–water partition coefficient (Wildman–Crippen LogP) is 2.50. The summed E-state index contributed by atoms with van der Waals surface area (Å²) in [6.45, 7) is 4.78. The van der Waals surface area contributed by atoms with E-state index >= 15 is 0 Å². The summed E-state index contributed by atoms with van der Waals surface area (Å²) >= 11 is 0. The molecule has 4 nitrogen and oxygen atoms in total. The third-order valence-electron chi connectivity index (χ3n) is 3.75. The number of aromatic nitrogens is 2. The molecule has 1 saturated heterocycles. The Labute approximate surface area is 130 Å². The first-order chi connectivity index (χ1) is 10.4. The molecular weight excluding hydrogens is 315 g/mol. The van der Waals surface area contributed by atoms with E-state index in [4.69, 9.17) is 0 Å². The van der Waals surface area contributed by atoms with E-state index in [0.717, 1.165) is 18.7 Å². The van der Waals surface area contributed by atoms with Crippen molar-refractivity contribution < 1.29 is 18.0 Å².